The van der Waals surface area contributed by atoms with Gasteiger partial charge in [0.2, 0.25) is 0 Å². The maximum atomic E-state index is 13.4. The molecule has 1 aromatic heterocycles. The number of hydrogen-bond donors (Lipinski definition) is 2. The standard InChI is InChI=1S/C26H29N3O5/c1-17-13-24(28-23-15-21(33-2)11-12-22(17)23)29(20-10-6-9-19(14-20)27-25(30)31)26(32)34-16-18-7-4-3-5-8-18/h3-5,7-8,11-13,15,19-20,27H,6,9-10,14,16H2,1-2H3,(H,30,31)/t19-,20-/m0/s1. The summed E-state index contributed by atoms with van der Waals surface area (Å²) in [6.45, 7) is 2.11. The molecule has 1 fully saturated rings. The van der Waals surface area contributed by atoms with Crippen LogP contribution in [0.5, 0.6) is 5.75 Å². The summed E-state index contributed by atoms with van der Waals surface area (Å²) in [4.78, 5) is 31.0. The molecule has 1 heterocycles. The van der Waals surface area contributed by atoms with Gasteiger partial charge in [-0.05, 0) is 61.9 Å². The van der Waals surface area contributed by atoms with Gasteiger partial charge in [0.05, 0.1) is 12.6 Å². The molecule has 1 saturated carbocycles. The lowest BCUT2D eigenvalue weighted by Crippen LogP contribution is -2.48. The van der Waals surface area contributed by atoms with E-state index in [1.807, 2.05) is 61.5 Å². The molecule has 2 amide bonds. The summed E-state index contributed by atoms with van der Waals surface area (Å²) in [7, 11) is 1.60. The van der Waals surface area contributed by atoms with E-state index in [0.29, 0.717) is 23.5 Å². The first-order valence-electron chi connectivity index (χ1n) is 11.4. The highest BCUT2D eigenvalue weighted by atomic mass is 16.6. The van der Waals surface area contributed by atoms with E-state index in [2.05, 4.69) is 5.32 Å². The van der Waals surface area contributed by atoms with E-state index in [1.54, 1.807) is 12.0 Å². The monoisotopic (exact) mass is 463 g/mol. The quantitative estimate of drug-likeness (QED) is 0.516. The molecule has 0 aliphatic heterocycles. The number of hydrogen-bond acceptors (Lipinski definition) is 5. The Morgan fingerprint density at radius 3 is 2.68 bits per heavy atom. The number of pyridine rings is 1. The highest BCUT2D eigenvalue weighted by molar-refractivity contribution is 5.91. The number of methoxy groups -OCH3 is 1. The van der Waals surface area contributed by atoms with Gasteiger partial charge in [-0.2, -0.15) is 0 Å². The van der Waals surface area contributed by atoms with Gasteiger partial charge in [-0.15, -0.1) is 0 Å². The molecule has 178 valence electrons. The Bertz CT molecular complexity index is 1170. The molecule has 2 atom stereocenters. The fraction of sp³-hybridized carbons (Fsp3) is 0.346. The second kappa shape index (κ2) is 10.4. The van der Waals surface area contributed by atoms with Gasteiger partial charge < -0.3 is 19.9 Å². The van der Waals surface area contributed by atoms with Gasteiger partial charge in [0.25, 0.3) is 0 Å². The number of anilines is 1. The van der Waals surface area contributed by atoms with E-state index in [9.17, 15) is 14.7 Å². The molecule has 4 rings (SSSR count). The second-order valence-electron chi connectivity index (χ2n) is 8.56. The van der Waals surface area contributed by atoms with Crippen molar-refractivity contribution in [2.75, 3.05) is 12.0 Å². The number of amides is 2. The minimum atomic E-state index is -1.06. The van der Waals surface area contributed by atoms with Crippen molar-refractivity contribution in [3.05, 3.63) is 65.7 Å². The zero-order valence-electron chi connectivity index (χ0n) is 19.4. The number of carbonyl (C=O) groups is 2. The van der Waals surface area contributed by atoms with Gasteiger partial charge in [0.15, 0.2) is 0 Å². The summed E-state index contributed by atoms with van der Waals surface area (Å²) >= 11 is 0. The van der Waals surface area contributed by atoms with E-state index >= 15 is 0 Å². The van der Waals surface area contributed by atoms with Crippen molar-refractivity contribution in [2.45, 2.75) is 51.3 Å². The molecule has 0 radical (unpaired) electrons. The Kier molecular flexibility index (Phi) is 7.15. The summed E-state index contributed by atoms with van der Waals surface area (Å²) < 4.78 is 11.1. The van der Waals surface area contributed by atoms with Gasteiger partial charge in [-0.3, -0.25) is 4.90 Å². The number of aryl methyl sites for hydroxylation is 1. The van der Waals surface area contributed by atoms with Gasteiger partial charge in [0.1, 0.15) is 18.2 Å². The Morgan fingerprint density at radius 1 is 1.15 bits per heavy atom. The summed E-state index contributed by atoms with van der Waals surface area (Å²) in [6, 6.07) is 16.6. The van der Waals surface area contributed by atoms with Crippen LogP contribution in [-0.2, 0) is 11.3 Å². The number of nitrogens with one attached hydrogen (secondary N) is 1. The molecular formula is C26H29N3O5. The molecule has 0 bridgehead atoms. The van der Waals surface area contributed by atoms with Gasteiger partial charge >= 0.3 is 12.2 Å². The van der Waals surface area contributed by atoms with E-state index in [1.165, 1.54) is 0 Å². The summed E-state index contributed by atoms with van der Waals surface area (Å²) in [6.07, 6.45) is 1.18. The topological polar surface area (TPSA) is 101 Å². The molecule has 8 nitrogen and oxygen atoms in total. The smallest absolute Gasteiger partial charge is 0.416 e. The minimum Gasteiger partial charge on any atom is -0.497 e. The first-order chi connectivity index (χ1) is 16.4. The first kappa shape index (κ1) is 23.4. The lowest BCUT2D eigenvalue weighted by Gasteiger charge is -2.36. The molecular weight excluding hydrogens is 434 g/mol. The number of carboxylic acid groups (broad SMARTS) is 1. The van der Waals surface area contributed by atoms with Gasteiger partial charge in [-0.1, -0.05) is 30.3 Å². The Labute approximate surface area is 198 Å². The second-order valence-corrected chi connectivity index (χ2v) is 8.56. The lowest BCUT2D eigenvalue weighted by atomic mass is 9.90. The van der Waals surface area contributed by atoms with Crippen LogP contribution in [0.2, 0.25) is 0 Å². The van der Waals surface area contributed by atoms with Crippen LogP contribution in [0.1, 0.15) is 36.8 Å². The van der Waals surface area contributed by atoms with Crippen LogP contribution >= 0.6 is 0 Å². The predicted octanol–water partition coefficient (Wildman–Crippen LogP) is 5.27. The normalized spacial score (nSPS) is 17.7. The van der Waals surface area contributed by atoms with Crippen LogP contribution in [0.3, 0.4) is 0 Å². The third kappa shape index (κ3) is 5.39. The number of rotatable bonds is 6. The summed E-state index contributed by atoms with van der Waals surface area (Å²) in [5, 5.41) is 12.7. The SMILES string of the molecule is COc1ccc2c(C)cc(N(C(=O)OCc3ccccc3)[C@H]3CCC[C@H](NC(=O)O)C3)nc2c1. The van der Waals surface area contributed by atoms with E-state index in [0.717, 1.165) is 35.8 Å². The zero-order chi connectivity index (χ0) is 24.1. The summed E-state index contributed by atoms with van der Waals surface area (Å²) in [5.41, 5.74) is 2.57. The Morgan fingerprint density at radius 2 is 1.94 bits per heavy atom. The average molecular weight is 464 g/mol. The Hall–Kier alpha value is -3.81. The average Bonchev–Trinajstić information content (AvgIpc) is 2.83. The zero-order valence-corrected chi connectivity index (χ0v) is 19.4. The first-order valence-corrected chi connectivity index (χ1v) is 11.4. The van der Waals surface area contributed by atoms with Crippen LogP contribution in [-0.4, -0.2) is 41.5 Å². The molecule has 34 heavy (non-hydrogen) atoms. The molecule has 3 aromatic rings. The molecule has 0 saturated heterocycles. The third-order valence-corrected chi connectivity index (χ3v) is 6.20. The van der Waals surface area contributed by atoms with Crippen molar-refractivity contribution >= 4 is 28.9 Å². The molecule has 0 spiro atoms. The summed E-state index contributed by atoms with van der Waals surface area (Å²) in [5.74, 6) is 1.16. The molecule has 1 aliphatic rings. The highest BCUT2D eigenvalue weighted by Gasteiger charge is 2.33. The largest absolute Gasteiger partial charge is 0.497 e. The van der Waals surface area contributed by atoms with Crippen LogP contribution in [0.4, 0.5) is 15.4 Å². The van der Waals surface area contributed by atoms with Crippen molar-refractivity contribution in [1.82, 2.24) is 10.3 Å². The fourth-order valence-electron chi connectivity index (χ4n) is 4.54. The molecule has 8 heteroatoms. The molecule has 2 N–H and O–H groups in total. The van der Waals surface area contributed by atoms with Crippen LogP contribution in [0.15, 0.2) is 54.6 Å². The number of fused-ring (bicyclic) bond motifs is 1. The van der Waals surface area contributed by atoms with Crippen molar-refractivity contribution in [1.29, 1.82) is 0 Å². The third-order valence-electron chi connectivity index (χ3n) is 6.20. The van der Waals surface area contributed by atoms with Crippen LogP contribution in [0.25, 0.3) is 10.9 Å². The van der Waals surface area contributed by atoms with Gasteiger partial charge in [0, 0.05) is 23.5 Å². The van der Waals surface area contributed by atoms with Crippen LogP contribution in [0, 0.1) is 6.92 Å². The van der Waals surface area contributed by atoms with E-state index < -0.39 is 12.2 Å². The maximum Gasteiger partial charge on any atom is 0.416 e. The van der Waals surface area contributed by atoms with Crippen molar-refractivity contribution in [2.24, 2.45) is 0 Å². The maximum absolute atomic E-state index is 13.4. The number of benzene rings is 2. The van der Waals surface area contributed by atoms with E-state index in [-0.39, 0.29) is 18.7 Å². The van der Waals surface area contributed by atoms with Gasteiger partial charge in [-0.25, -0.2) is 14.6 Å². The molecule has 2 aromatic carbocycles. The highest BCUT2D eigenvalue weighted by Crippen LogP contribution is 2.31. The van der Waals surface area contributed by atoms with Crippen molar-refractivity contribution < 1.29 is 24.2 Å². The lowest BCUT2D eigenvalue weighted by molar-refractivity contribution is 0.141. The van der Waals surface area contributed by atoms with E-state index in [4.69, 9.17) is 14.5 Å². The number of aromatic nitrogens is 1. The number of ether oxygens (including phenoxy) is 2. The van der Waals surface area contributed by atoms with Crippen molar-refractivity contribution in [3.63, 3.8) is 0 Å². The predicted molar refractivity (Wildman–Crippen MR) is 129 cm³/mol. The van der Waals surface area contributed by atoms with Crippen molar-refractivity contribution in [3.8, 4) is 5.75 Å². The molecule has 0 unspecified atom stereocenters. The minimum absolute atomic E-state index is 0.139. The number of nitrogens with zero attached hydrogens (tertiary/aromatic N) is 2. The fourth-order valence-corrected chi connectivity index (χ4v) is 4.54. The Balaban J connectivity index is 1.68. The number of carbonyl (C=O) groups excluding carboxylic acids is 1. The van der Waals surface area contributed by atoms with Crippen LogP contribution < -0.4 is 15.0 Å². The molecule has 1 aliphatic carbocycles.